The number of ether oxygens (including phenoxy) is 2. The molecule has 0 saturated heterocycles. The fraction of sp³-hybridized carbons (Fsp3) is 0.250. The first-order valence-corrected chi connectivity index (χ1v) is 8.14. The quantitative estimate of drug-likeness (QED) is 0.848. The molecule has 0 spiro atoms. The van der Waals surface area contributed by atoms with Gasteiger partial charge in [0.05, 0.1) is 19.8 Å². The summed E-state index contributed by atoms with van der Waals surface area (Å²) in [7, 11) is 3.11. The molecule has 2 aromatic carbocycles. The summed E-state index contributed by atoms with van der Waals surface area (Å²) in [6, 6.07) is 10.9. The highest BCUT2D eigenvalue weighted by Crippen LogP contribution is 2.32. The molecule has 1 amide bonds. The van der Waals surface area contributed by atoms with Gasteiger partial charge in [0.25, 0.3) is 5.91 Å². The Kier molecular flexibility index (Phi) is 4.93. The number of para-hydroxylation sites is 1. The zero-order chi connectivity index (χ0) is 17.8. The topological polar surface area (TPSA) is 67.8 Å². The lowest BCUT2D eigenvalue weighted by Gasteiger charge is -2.11. The van der Waals surface area contributed by atoms with Gasteiger partial charge in [0.15, 0.2) is 11.5 Å². The van der Waals surface area contributed by atoms with Gasteiger partial charge in [0.1, 0.15) is 5.75 Å². The van der Waals surface area contributed by atoms with Crippen LogP contribution in [-0.2, 0) is 6.42 Å². The van der Waals surface area contributed by atoms with Crippen LogP contribution in [0, 0.1) is 0 Å². The van der Waals surface area contributed by atoms with Crippen LogP contribution >= 0.6 is 0 Å². The smallest absolute Gasteiger partial charge is 0.255 e. The Labute approximate surface area is 146 Å². The van der Waals surface area contributed by atoms with E-state index in [4.69, 9.17) is 9.47 Å². The highest BCUT2D eigenvalue weighted by molar-refractivity contribution is 5.97. The van der Waals surface area contributed by atoms with Gasteiger partial charge in [-0.05, 0) is 53.8 Å². The summed E-state index contributed by atoms with van der Waals surface area (Å²) in [6.07, 6.45) is 3.80. The molecule has 3 rings (SSSR count). The zero-order valence-corrected chi connectivity index (χ0v) is 14.3. The van der Waals surface area contributed by atoms with E-state index < -0.39 is 0 Å². The number of carbonyl (C=O) groups is 1. The van der Waals surface area contributed by atoms with Crippen molar-refractivity contribution < 1.29 is 19.4 Å². The number of fused-ring (bicyclic) bond motifs is 1. The molecule has 0 atom stereocenters. The Morgan fingerprint density at radius 2 is 2.04 bits per heavy atom. The summed E-state index contributed by atoms with van der Waals surface area (Å²) in [5.41, 5.74) is 3.86. The second kappa shape index (κ2) is 7.30. The Balaban J connectivity index is 1.62. The van der Waals surface area contributed by atoms with Crippen LogP contribution in [0.15, 0.2) is 42.5 Å². The van der Waals surface area contributed by atoms with Crippen molar-refractivity contribution in [1.82, 2.24) is 5.32 Å². The molecule has 5 heteroatoms. The molecule has 0 radical (unpaired) electrons. The van der Waals surface area contributed by atoms with Crippen LogP contribution in [-0.4, -0.2) is 31.8 Å². The number of methoxy groups -OCH3 is 2. The molecule has 0 unspecified atom stereocenters. The van der Waals surface area contributed by atoms with Crippen LogP contribution in [0.4, 0.5) is 0 Å². The molecule has 1 aliphatic rings. The van der Waals surface area contributed by atoms with Crippen molar-refractivity contribution in [2.24, 2.45) is 0 Å². The summed E-state index contributed by atoms with van der Waals surface area (Å²) in [5.74, 6) is 0.655. The maximum Gasteiger partial charge on any atom is 0.255 e. The summed E-state index contributed by atoms with van der Waals surface area (Å²) in [4.78, 5) is 12.3. The lowest BCUT2D eigenvalue weighted by Crippen LogP contribution is -2.24. The van der Waals surface area contributed by atoms with E-state index in [0.29, 0.717) is 6.54 Å². The minimum atomic E-state index is -0.319. The number of aromatic hydroxyl groups is 1. The Morgan fingerprint density at radius 1 is 1.20 bits per heavy atom. The zero-order valence-electron chi connectivity index (χ0n) is 14.3. The number of allylic oxidation sites excluding steroid dienone is 1. The lowest BCUT2D eigenvalue weighted by atomic mass is 10.0. The van der Waals surface area contributed by atoms with Crippen molar-refractivity contribution in [1.29, 1.82) is 0 Å². The van der Waals surface area contributed by atoms with Crippen molar-refractivity contribution in [2.45, 2.75) is 12.8 Å². The van der Waals surface area contributed by atoms with E-state index in [2.05, 4.69) is 17.5 Å². The number of nitrogens with one attached hydrogen (secondary N) is 1. The monoisotopic (exact) mass is 339 g/mol. The molecule has 1 aliphatic carbocycles. The van der Waals surface area contributed by atoms with E-state index in [1.165, 1.54) is 23.8 Å². The standard InChI is InChI=1S/C20H21NO4/c1-24-15-9-8-13-6-7-14(17(13)12-15)10-11-21-20(23)16-4-3-5-18(25-2)19(16)22/h3-5,7-9,12,22H,6,10-11H2,1-2H3,(H,21,23). The van der Waals surface area contributed by atoms with E-state index >= 15 is 0 Å². The highest BCUT2D eigenvalue weighted by atomic mass is 16.5. The van der Waals surface area contributed by atoms with Gasteiger partial charge in [-0.15, -0.1) is 0 Å². The molecule has 2 N–H and O–H groups in total. The molecular formula is C20H21NO4. The van der Waals surface area contributed by atoms with E-state index in [0.717, 1.165) is 18.6 Å². The van der Waals surface area contributed by atoms with Gasteiger partial charge in [-0.1, -0.05) is 18.2 Å². The Hall–Kier alpha value is -2.95. The van der Waals surface area contributed by atoms with Gasteiger partial charge in [0, 0.05) is 6.54 Å². The number of phenols is 1. The number of benzene rings is 2. The number of carbonyl (C=O) groups excluding carboxylic acids is 1. The molecule has 0 bridgehead atoms. The molecule has 0 aromatic heterocycles. The fourth-order valence-electron chi connectivity index (χ4n) is 3.02. The fourth-order valence-corrected chi connectivity index (χ4v) is 3.02. The van der Waals surface area contributed by atoms with Gasteiger partial charge >= 0.3 is 0 Å². The molecular weight excluding hydrogens is 318 g/mol. The molecule has 0 heterocycles. The van der Waals surface area contributed by atoms with Crippen LogP contribution in [0.3, 0.4) is 0 Å². The second-order valence-electron chi connectivity index (χ2n) is 5.82. The first kappa shape index (κ1) is 16.9. The number of phenolic OH excluding ortho intramolecular Hbond substituents is 1. The van der Waals surface area contributed by atoms with Crippen molar-refractivity contribution >= 4 is 11.5 Å². The minimum Gasteiger partial charge on any atom is -0.504 e. The number of hydrogen-bond donors (Lipinski definition) is 2. The molecule has 0 saturated carbocycles. The molecule has 130 valence electrons. The largest absolute Gasteiger partial charge is 0.504 e. The summed E-state index contributed by atoms with van der Waals surface area (Å²) >= 11 is 0. The molecule has 25 heavy (non-hydrogen) atoms. The highest BCUT2D eigenvalue weighted by Gasteiger charge is 2.17. The second-order valence-corrected chi connectivity index (χ2v) is 5.82. The molecule has 0 fully saturated rings. The SMILES string of the molecule is COc1ccc2c(c1)C(CCNC(=O)c1cccc(OC)c1O)=CC2. The third-order valence-corrected chi connectivity index (χ3v) is 4.37. The minimum absolute atomic E-state index is 0.141. The maximum absolute atomic E-state index is 12.3. The third-order valence-electron chi connectivity index (χ3n) is 4.37. The molecule has 5 nitrogen and oxygen atoms in total. The predicted octanol–water partition coefficient (Wildman–Crippen LogP) is 3.17. The number of rotatable bonds is 6. The average molecular weight is 339 g/mol. The summed E-state index contributed by atoms with van der Waals surface area (Å²) in [6.45, 7) is 0.484. The van der Waals surface area contributed by atoms with E-state index in [-0.39, 0.29) is 23.0 Å². The van der Waals surface area contributed by atoms with E-state index in [1.54, 1.807) is 25.3 Å². The van der Waals surface area contributed by atoms with Crippen molar-refractivity contribution in [3.63, 3.8) is 0 Å². The van der Waals surface area contributed by atoms with Crippen LogP contribution in [0.2, 0.25) is 0 Å². The van der Waals surface area contributed by atoms with Crippen molar-refractivity contribution in [3.8, 4) is 17.2 Å². The Bertz CT molecular complexity index is 826. The average Bonchev–Trinajstić information content (AvgIpc) is 3.04. The Morgan fingerprint density at radius 3 is 2.80 bits per heavy atom. The van der Waals surface area contributed by atoms with Gasteiger partial charge in [-0.2, -0.15) is 0 Å². The van der Waals surface area contributed by atoms with E-state index in [1.807, 2.05) is 12.1 Å². The van der Waals surface area contributed by atoms with Gasteiger partial charge in [0.2, 0.25) is 0 Å². The van der Waals surface area contributed by atoms with Crippen LogP contribution < -0.4 is 14.8 Å². The summed E-state index contributed by atoms with van der Waals surface area (Å²) in [5, 5.41) is 12.9. The number of amides is 1. The lowest BCUT2D eigenvalue weighted by molar-refractivity contribution is 0.0951. The van der Waals surface area contributed by atoms with Gasteiger partial charge in [-0.3, -0.25) is 4.79 Å². The van der Waals surface area contributed by atoms with Crippen molar-refractivity contribution in [3.05, 3.63) is 59.2 Å². The summed E-state index contributed by atoms with van der Waals surface area (Å²) < 4.78 is 10.3. The third kappa shape index (κ3) is 3.45. The maximum atomic E-state index is 12.3. The first-order valence-electron chi connectivity index (χ1n) is 8.14. The number of hydrogen-bond acceptors (Lipinski definition) is 4. The predicted molar refractivity (Wildman–Crippen MR) is 96.3 cm³/mol. The van der Waals surface area contributed by atoms with Crippen LogP contribution in [0.5, 0.6) is 17.2 Å². The first-order chi connectivity index (χ1) is 12.1. The normalized spacial score (nSPS) is 12.3. The van der Waals surface area contributed by atoms with Gasteiger partial charge in [-0.25, -0.2) is 0 Å². The van der Waals surface area contributed by atoms with Gasteiger partial charge < -0.3 is 19.9 Å². The van der Waals surface area contributed by atoms with Crippen LogP contribution in [0.25, 0.3) is 5.57 Å². The van der Waals surface area contributed by atoms with Crippen LogP contribution in [0.1, 0.15) is 27.9 Å². The van der Waals surface area contributed by atoms with E-state index in [9.17, 15) is 9.90 Å². The van der Waals surface area contributed by atoms with Crippen molar-refractivity contribution in [2.75, 3.05) is 20.8 Å². The molecule has 2 aromatic rings. The molecule has 0 aliphatic heterocycles.